The van der Waals surface area contributed by atoms with E-state index in [1.54, 1.807) is 12.3 Å². The van der Waals surface area contributed by atoms with E-state index in [9.17, 15) is 4.79 Å². The number of ether oxygens (including phenoxy) is 1. The van der Waals surface area contributed by atoms with Gasteiger partial charge in [0, 0.05) is 23.8 Å². The van der Waals surface area contributed by atoms with Gasteiger partial charge in [0.25, 0.3) is 5.91 Å². The van der Waals surface area contributed by atoms with Crippen LogP contribution in [0.3, 0.4) is 0 Å². The first-order valence-corrected chi connectivity index (χ1v) is 6.78. The summed E-state index contributed by atoms with van der Waals surface area (Å²) in [5.41, 5.74) is 0.830. The molecule has 0 spiro atoms. The molecule has 0 saturated carbocycles. The number of fused-ring (bicyclic) bond motifs is 1. The standard InChI is InChI=1S/C15H11ClN4O2/c1-22-11-7-12(16)18-8-10(11)15(21)20-13-5-4-9-3-2-6-17-14(9)19-13/h2-8H,1H3,(H,17,19,20,21). The largest absolute Gasteiger partial charge is 0.496 e. The molecule has 22 heavy (non-hydrogen) atoms. The highest BCUT2D eigenvalue weighted by Gasteiger charge is 2.14. The molecule has 0 radical (unpaired) electrons. The summed E-state index contributed by atoms with van der Waals surface area (Å²) in [6.45, 7) is 0. The van der Waals surface area contributed by atoms with Crippen LogP contribution in [0, 0.1) is 0 Å². The maximum atomic E-state index is 12.3. The van der Waals surface area contributed by atoms with Gasteiger partial charge < -0.3 is 10.1 Å². The van der Waals surface area contributed by atoms with Gasteiger partial charge in [0.1, 0.15) is 22.3 Å². The minimum atomic E-state index is -0.385. The molecule has 0 aliphatic rings. The molecule has 0 aromatic carbocycles. The van der Waals surface area contributed by atoms with Gasteiger partial charge >= 0.3 is 0 Å². The Bertz CT molecular complexity index is 854. The third-order valence-corrected chi connectivity index (χ3v) is 3.21. The van der Waals surface area contributed by atoms with Crippen LogP contribution in [0.1, 0.15) is 10.4 Å². The van der Waals surface area contributed by atoms with E-state index < -0.39 is 0 Å². The Morgan fingerprint density at radius 3 is 2.95 bits per heavy atom. The van der Waals surface area contributed by atoms with Crippen LogP contribution in [-0.2, 0) is 0 Å². The number of carbonyl (C=O) groups is 1. The lowest BCUT2D eigenvalue weighted by Gasteiger charge is -2.09. The van der Waals surface area contributed by atoms with Crippen molar-refractivity contribution in [2.24, 2.45) is 0 Å². The van der Waals surface area contributed by atoms with E-state index in [1.807, 2.05) is 18.2 Å². The van der Waals surface area contributed by atoms with Gasteiger partial charge in [-0.25, -0.2) is 15.0 Å². The highest BCUT2D eigenvalue weighted by molar-refractivity contribution is 6.29. The monoisotopic (exact) mass is 314 g/mol. The van der Waals surface area contributed by atoms with E-state index in [2.05, 4.69) is 20.3 Å². The molecule has 0 unspecified atom stereocenters. The van der Waals surface area contributed by atoms with E-state index >= 15 is 0 Å². The quantitative estimate of drug-likeness (QED) is 0.752. The summed E-state index contributed by atoms with van der Waals surface area (Å²) in [6.07, 6.45) is 3.00. The minimum Gasteiger partial charge on any atom is -0.496 e. The Morgan fingerprint density at radius 2 is 2.14 bits per heavy atom. The molecule has 3 aromatic rings. The highest BCUT2D eigenvalue weighted by Crippen LogP contribution is 2.22. The number of pyridine rings is 3. The van der Waals surface area contributed by atoms with Crippen LogP contribution >= 0.6 is 11.6 Å². The summed E-state index contributed by atoms with van der Waals surface area (Å²) in [5.74, 6) is 0.355. The van der Waals surface area contributed by atoms with Crippen molar-refractivity contribution in [3.8, 4) is 5.75 Å². The third kappa shape index (κ3) is 2.82. The second-order valence-electron chi connectivity index (χ2n) is 4.41. The van der Waals surface area contributed by atoms with E-state index in [4.69, 9.17) is 16.3 Å². The van der Waals surface area contributed by atoms with Gasteiger partial charge in [-0.2, -0.15) is 0 Å². The van der Waals surface area contributed by atoms with Crippen LogP contribution < -0.4 is 10.1 Å². The summed E-state index contributed by atoms with van der Waals surface area (Å²) < 4.78 is 5.14. The number of amides is 1. The maximum absolute atomic E-state index is 12.3. The fourth-order valence-corrected chi connectivity index (χ4v) is 2.11. The molecule has 6 nitrogen and oxygen atoms in total. The number of methoxy groups -OCH3 is 1. The molecule has 110 valence electrons. The summed E-state index contributed by atoms with van der Waals surface area (Å²) in [4.78, 5) is 24.6. The normalized spacial score (nSPS) is 10.5. The lowest BCUT2D eigenvalue weighted by atomic mass is 10.2. The van der Waals surface area contributed by atoms with Gasteiger partial charge in [-0.05, 0) is 24.3 Å². The topological polar surface area (TPSA) is 77.0 Å². The molecule has 0 bridgehead atoms. The van der Waals surface area contributed by atoms with E-state index in [0.29, 0.717) is 17.2 Å². The third-order valence-electron chi connectivity index (χ3n) is 3.00. The Labute approximate surface area is 131 Å². The van der Waals surface area contributed by atoms with Gasteiger partial charge in [0.15, 0.2) is 5.65 Å². The number of carbonyl (C=O) groups excluding carboxylic acids is 1. The highest BCUT2D eigenvalue weighted by atomic mass is 35.5. The number of aromatic nitrogens is 3. The summed E-state index contributed by atoms with van der Waals surface area (Å²) in [6, 6.07) is 8.74. The van der Waals surface area contributed by atoms with Crippen molar-refractivity contribution in [2.75, 3.05) is 12.4 Å². The Hall–Kier alpha value is -2.73. The van der Waals surface area contributed by atoms with Gasteiger partial charge in [0.05, 0.1) is 7.11 Å². The Kier molecular flexibility index (Phi) is 3.84. The zero-order valence-electron chi connectivity index (χ0n) is 11.6. The van der Waals surface area contributed by atoms with Crippen LogP contribution in [0.2, 0.25) is 5.15 Å². The number of nitrogens with zero attached hydrogens (tertiary/aromatic N) is 3. The lowest BCUT2D eigenvalue weighted by molar-refractivity contribution is 0.102. The van der Waals surface area contributed by atoms with E-state index in [0.717, 1.165) is 5.39 Å². The minimum absolute atomic E-state index is 0.251. The Morgan fingerprint density at radius 1 is 1.27 bits per heavy atom. The molecule has 0 fully saturated rings. The molecule has 0 aliphatic heterocycles. The number of nitrogens with one attached hydrogen (secondary N) is 1. The molecule has 1 amide bonds. The van der Waals surface area contributed by atoms with Crippen LogP contribution in [0.25, 0.3) is 11.0 Å². The van der Waals surface area contributed by atoms with Crippen molar-refractivity contribution in [1.82, 2.24) is 15.0 Å². The summed E-state index contributed by atoms with van der Waals surface area (Å²) in [5, 5.41) is 3.84. The fourth-order valence-electron chi connectivity index (χ4n) is 1.96. The predicted octanol–water partition coefficient (Wildman–Crippen LogP) is 2.94. The van der Waals surface area contributed by atoms with Crippen molar-refractivity contribution in [3.05, 3.63) is 53.4 Å². The summed E-state index contributed by atoms with van der Waals surface area (Å²) in [7, 11) is 1.46. The van der Waals surface area contributed by atoms with E-state index in [-0.39, 0.29) is 16.6 Å². The van der Waals surface area contributed by atoms with Crippen molar-refractivity contribution >= 4 is 34.4 Å². The molecule has 0 saturated heterocycles. The first kappa shape index (κ1) is 14.2. The first-order valence-electron chi connectivity index (χ1n) is 6.40. The smallest absolute Gasteiger partial charge is 0.262 e. The van der Waals surface area contributed by atoms with Gasteiger partial charge in [-0.1, -0.05) is 11.6 Å². The molecule has 0 aliphatic carbocycles. The zero-order valence-corrected chi connectivity index (χ0v) is 12.3. The van der Waals surface area contributed by atoms with Crippen LogP contribution in [0.15, 0.2) is 42.7 Å². The molecule has 3 aromatic heterocycles. The number of anilines is 1. The van der Waals surface area contributed by atoms with Crippen LogP contribution in [0.5, 0.6) is 5.75 Å². The van der Waals surface area contributed by atoms with Crippen molar-refractivity contribution in [1.29, 1.82) is 0 Å². The maximum Gasteiger partial charge on any atom is 0.262 e. The van der Waals surface area contributed by atoms with Crippen LogP contribution in [-0.4, -0.2) is 28.0 Å². The molecule has 1 N–H and O–H groups in total. The van der Waals surface area contributed by atoms with Crippen molar-refractivity contribution < 1.29 is 9.53 Å². The molecular weight excluding hydrogens is 304 g/mol. The van der Waals surface area contributed by atoms with Crippen molar-refractivity contribution in [2.45, 2.75) is 0 Å². The molecule has 7 heteroatoms. The average Bonchev–Trinajstić information content (AvgIpc) is 2.54. The zero-order chi connectivity index (χ0) is 15.5. The number of rotatable bonds is 3. The fraction of sp³-hybridized carbons (Fsp3) is 0.0667. The van der Waals surface area contributed by atoms with Gasteiger partial charge in [-0.15, -0.1) is 0 Å². The second-order valence-corrected chi connectivity index (χ2v) is 4.80. The van der Waals surface area contributed by atoms with Gasteiger partial charge in [0.2, 0.25) is 0 Å². The average molecular weight is 315 g/mol. The second kappa shape index (κ2) is 5.95. The number of hydrogen-bond donors (Lipinski definition) is 1. The van der Waals surface area contributed by atoms with E-state index in [1.165, 1.54) is 19.4 Å². The van der Waals surface area contributed by atoms with Gasteiger partial charge in [-0.3, -0.25) is 4.79 Å². The SMILES string of the molecule is COc1cc(Cl)ncc1C(=O)Nc1ccc2cccnc2n1. The lowest BCUT2D eigenvalue weighted by Crippen LogP contribution is -2.14. The number of hydrogen-bond acceptors (Lipinski definition) is 5. The molecule has 3 heterocycles. The molecular formula is C15H11ClN4O2. The predicted molar refractivity (Wildman–Crippen MR) is 83.3 cm³/mol. The molecule has 0 atom stereocenters. The number of halogens is 1. The first-order chi connectivity index (χ1) is 10.7. The van der Waals surface area contributed by atoms with Crippen LogP contribution in [0.4, 0.5) is 5.82 Å². The summed E-state index contributed by atoms with van der Waals surface area (Å²) >= 11 is 5.78. The molecule has 3 rings (SSSR count). The van der Waals surface area contributed by atoms with Crippen molar-refractivity contribution in [3.63, 3.8) is 0 Å². The Balaban J connectivity index is 1.89.